The van der Waals surface area contributed by atoms with Crippen LogP contribution in [0.25, 0.3) is 11.5 Å². The maximum absolute atomic E-state index is 11.9. The number of nitrogens with zero attached hydrogens (tertiary/aromatic N) is 2. The van der Waals surface area contributed by atoms with Gasteiger partial charge in [-0.3, -0.25) is 0 Å². The molecule has 130 valence electrons. The van der Waals surface area contributed by atoms with Crippen molar-refractivity contribution in [3.05, 3.63) is 70.2 Å². The minimum absolute atomic E-state index is 0.0000950. The molecule has 6 nitrogen and oxygen atoms in total. The van der Waals surface area contributed by atoms with Crippen molar-refractivity contribution in [1.29, 1.82) is 0 Å². The quantitative estimate of drug-likeness (QED) is 0.746. The van der Waals surface area contributed by atoms with Crippen molar-refractivity contribution >= 4 is 0 Å². The van der Waals surface area contributed by atoms with Crippen LogP contribution < -0.4 is 10.5 Å². The van der Waals surface area contributed by atoms with E-state index in [0.717, 1.165) is 21.6 Å². The van der Waals surface area contributed by atoms with Gasteiger partial charge >= 0.3 is 5.76 Å². The lowest BCUT2D eigenvalue weighted by atomic mass is 10.1. The van der Waals surface area contributed by atoms with E-state index in [1.54, 1.807) is 12.1 Å². The van der Waals surface area contributed by atoms with Crippen LogP contribution in [0, 0.1) is 13.8 Å². The molecule has 0 aliphatic rings. The smallest absolute Gasteiger partial charge is 0.437 e. The molecule has 2 aromatic carbocycles. The average molecular weight is 340 g/mol. The molecule has 1 N–H and O–H groups in total. The molecular formula is C19H20N2O4. The predicted molar refractivity (Wildman–Crippen MR) is 93.6 cm³/mol. The molecule has 1 atom stereocenters. The molecule has 1 aromatic heterocycles. The summed E-state index contributed by atoms with van der Waals surface area (Å²) in [6, 6.07) is 15.0. The molecule has 0 radical (unpaired) electrons. The second-order valence-electron chi connectivity index (χ2n) is 5.91. The minimum atomic E-state index is -0.884. The number of benzene rings is 2. The van der Waals surface area contributed by atoms with Gasteiger partial charge in [-0.15, -0.1) is 5.10 Å². The van der Waals surface area contributed by atoms with Crippen LogP contribution in [0.15, 0.2) is 57.7 Å². The number of hydrogen-bond acceptors (Lipinski definition) is 5. The van der Waals surface area contributed by atoms with Gasteiger partial charge in [-0.25, -0.2) is 4.79 Å². The van der Waals surface area contributed by atoms with E-state index in [-0.39, 0.29) is 19.0 Å². The highest BCUT2D eigenvalue weighted by molar-refractivity contribution is 5.51. The van der Waals surface area contributed by atoms with E-state index in [0.29, 0.717) is 5.56 Å². The molecule has 6 heteroatoms. The number of para-hydroxylation sites is 1. The number of aliphatic hydroxyl groups excluding tert-OH is 1. The van der Waals surface area contributed by atoms with Crippen LogP contribution in [0.3, 0.4) is 0 Å². The van der Waals surface area contributed by atoms with E-state index in [1.807, 2.05) is 50.2 Å². The van der Waals surface area contributed by atoms with Gasteiger partial charge in [0.2, 0.25) is 5.89 Å². The van der Waals surface area contributed by atoms with Crippen LogP contribution in [0.1, 0.15) is 11.1 Å². The highest BCUT2D eigenvalue weighted by atomic mass is 16.5. The van der Waals surface area contributed by atoms with E-state index in [4.69, 9.17) is 9.15 Å². The molecule has 0 fully saturated rings. The van der Waals surface area contributed by atoms with Crippen molar-refractivity contribution in [3.8, 4) is 17.2 Å². The monoisotopic (exact) mass is 340 g/mol. The lowest BCUT2D eigenvalue weighted by Gasteiger charge is -2.15. The van der Waals surface area contributed by atoms with E-state index >= 15 is 0 Å². The van der Waals surface area contributed by atoms with E-state index < -0.39 is 11.9 Å². The summed E-state index contributed by atoms with van der Waals surface area (Å²) in [7, 11) is 0. The molecule has 3 rings (SSSR count). The van der Waals surface area contributed by atoms with E-state index in [1.165, 1.54) is 0 Å². The van der Waals surface area contributed by atoms with Crippen molar-refractivity contribution in [2.24, 2.45) is 0 Å². The Kier molecular flexibility index (Phi) is 5.00. The van der Waals surface area contributed by atoms with Gasteiger partial charge in [-0.2, -0.15) is 4.68 Å². The maximum atomic E-state index is 11.9. The normalized spacial score (nSPS) is 12.1. The third-order valence-corrected chi connectivity index (χ3v) is 3.84. The molecule has 0 saturated heterocycles. The summed E-state index contributed by atoms with van der Waals surface area (Å²) in [6.45, 7) is 3.96. The molecule has 0 amide bonds. The Bertz CT molecular complexity index is 879. The standard InChI is InChI=1S/C19H20N2O4/c1-13-7-6-8-14(2)17(13)24-12-16(22)11-21-19(23)25-18(20-21)15-9-4-3-5-10-15/h3-10,16,22H,11-12H2,1-2H3. The van der Waals surface area contributed by atoms with Gasteiger partial charge in [-0.1, -0.05) is 36.4 Å². The fourth-order valence-corrected chi connectivity index (χ4v) is 2.58. The number of hydrogen-bond donors (Lipinski definition) is 1. The van der Waals surface area contributed by atoms with E-state index in [2.05, 4.69) is 5.10 Å². The van der Waals surface area contributed by atoms with Crippen LogP contribution in [-0.2, 0) is 6.54 Å². The molecule has 0 spiro atoms. The number of aliphatic hydroxyl groups is 1. The summed E-state index contributed by atoms with van der Waals surface area (Å²) in [6.07, 6.45) is -0.884. The Morgan fingerprint density at radius 3 is 2.48 bits per heavy atom. The molecule has 0 aliphatic heterocycles. The summed E-state index contributed by atoms with van der Waals surface area (Å²) >= 11 is 0. The Labute approximate surface area is 145 Å². The van der Waals surface area contributed by atoms with Gasteiger partial charge in [0.05, 0.1) is 6.54 Å². The fourth-order valence-electron chi connectivity index (χ4n) is 2.58. The summed E-state index contributed by atoms with van der Waals surface area (Å²) in [5, 5.41) is 14.3. The molecule has 25 heavy (non-hydrogen) atoms. The van der Waals surface area contributed by atoms with Crippen molar-refractivity contribution < 1.29 is 14.3 Å². The van der Waals surface area contributed by atoms with Crippen LogP contribution in [-0.4, -0.2) is 27.6 Å². The van der Waals surface area contributed by atoms with Crippen molar-refractivity contribution in [2.75, 3.05) is 6.61 Å². The zero-order chi connectivity index (χ0) is 17.8. The second kappa shape index (κ2) is 7.36. The maximum Gasteiger partial charge on any atom is 0.437 e. The highest BCUT2D eigenvalue weighted by Gasteiger charge is 2.15. The first-order valence-corrected chi connectivity index (χ1v) is 8.05. The zero-order valence-corrected chi connectivity index (χ0v) is 14.2. The molecule has 0 saturated carbocycles. The lowest BCUT2D eigenvalue weighted by Crippen LogP contribution is -2.29. The molecular weight excluding hydrogens is 320 g/mol. The van der Waals surface area contributed by atoms with Crippen LogP contribution in [0.5, 0.6) is 5.75 Å². The van der Waals surface area contributed by atoms with Crippen molar-refractivity contribution in [3.63, 3.8) is 0 Å². The van der Waals surface area contributed by atoms with Crippen molar-refractivity contribution in [1.82, 2.24) is 9.78 Å². The topological polar surface area (TPSA) is 77.5 Å². The fraction of sp³-hybridized carbons (Fsp3) is 0.263. The average Bonchev–Trinajstić information content (AvgIpc) is 2.96. The largest absolute Gasteiger partial charge is 0.490 e. The summed E-state index contributed by atoms with van der Waals surface area (Å²) < 4.78 is 12.0. The Morgan fingerprint density at radius 2 is 1.80 bits per heavy atom. The Morgan fingerprint density at radius 1 is 1.12 bits per heavy atom. The van der Waals surface area contributed by atoms with E-state index in [9.17, 15) is 9.90 Å². The molecule has 0 bridgehead atoms. The predicted octanol–water partition coefficient (Wildman–Crippen LogP) is 2.56. The second-order valence-corrected chi connectivity index (χ2v) is 5.91. The van der Waals surface area contributed by atoms with Crippen LogP contribution in [0.2, 0.25) is 0 Å². The van der Waals surface area contributed by atoms with Crippen LogP contribution >= 0.6 is 0 Å². The third kappa shape index (κ3) is 3.97. The Hall–Kier alpha value is -2.86. The number of aryl methyl sites for hydroxylation is 2. The number of rotatable bonds is 6. The molecule has 1 unspecified atom stereocenters. The first-order valence-electron chi connectivity index (χ1n) is 8.05. The Balaban J connectivity index is 1.66. The molecule has 0 aliphatic carbocycles. The summed E-state index contributed by atoms with van der Waals surface area (Å²) in [5.41, 5.74) is 2.70. The van der Waals surface area contributed by atoms with Gasteiger partial charge in [0, 0.05) is 5.56 Å². The number of ether oxygens (including phenoxy) is 1. The van der Waals surface area contributed by atoms with Gasteiger partial charge < -0.3 is 14.3 Å². The number of aromatic nitrogens is 2. The van der Waals surface area contributed by atoms with Gasteiger partial charge in [0.25, 0.3) is 0 Å². The van der Waals surface area contributed by atoms with Gasteiger partial charge in [0.1, 0.15) is 18.5 Å². The van der Waals surface area contributed by atoms with Gasteiger partial charge in [0.15, 0.2) is 0 Å². The van der Waals surface area contributed by atoms with Gasteiger partial charge in [-0.05, 0) is 37.1 Å². The zero-order valence-electron chi connectivity index (χ0n) is 14.2. The first kappa shape index (κ1) is 17.0. The SMILES string of the molecule is Cc1cccc(C)c1OCC(O)Cn1nc(-c2ccccc2)oc1=O. The van der Waals surface area contributed by atoms with Crippen molar-refractivity contribution in [2.45, 2.75) is 26.5 Å². The summed E-state index contributed by atoms with van der Waals surface area (Å²) in [4.78, 5) is 11.9. The lowest BCUT2D eigenvalue weighted by molar-refractivity contribution is 0.0869. The first-order chi connectivity index (χ1) is 12.0. The third-order valence-electron chi connectivity index (χ3n) is 3.84. The summed E-state index contributed by atoms with van der Waals surface area (Å²) in [5.74, 6) is 0.373. The minimum Gasteiger partial charge on any atom is -0.490 e. The molecule has 1 heterocycles. The van der Waals surface area contributed by atoms with Crippen LogP contribution in [0.4, 0.5) is 0 Å². The highest BCUT2D eigenvalue weighted by Crippen LogP contribution is 2.22. The molecule has 3 aromatic rings.